The molecule has 3 atom stereocenters. The van der Waals surface area contributed by atoms with Crippen LogP contribution in [0.25, 0.3) is 0 Å². The molecule has 8 nitrogen and oxygen atoms in total. The van der Waals surface area contributed by atoms with Crippen LogP contribution in [0.1, 0.15) is 34.7 Å². The van der Waals surface area contributed by atoms with E-state index in [9.17, 15) is 14.7 Å². The third kappa shape index (κ3) is 4.79. The summed E-state index contributed by atoms with van der Waals surface area (Å²) in [5.41, 5.74) is 0.673. The Morgan fingerprint density at radius 3 is 2.87 bits per heavy atom. The Hall–Kier alpha value is -2.52. The summed E-state index contributed by atoms with van der Waals surface area (Å²) in [6.45, 7) is 4.27. The third-order valence-electron chi connectivity index (χ3n) is 5.17. The fourth-order valence-corrected chi connectivity index (χ4v) is 3.66. The van der Waals surface area contributed by atoms with Crippen LogP contribution in [0.4, 0.5) is 0 Å². The van der Waals surface area contributed by atoms with Gasteiger partial charge in [-0.25, -0.2) is 4.98 Å². The second-order valence-electron chi connectivity index (χ2n) is 7.53. The van der Waals surface area contributed by atoms with Crippen molar-refractivity contribution in [2.75, 3.05) is 26.7 Å². The molecule has 3 rings (SSSR count). The minimum Gasteiger partial charge on any atom is -0.472 e. The van der Waals surface area contributed by atoms with E-state index in [0.29, 0.717) is 28.8 Å². The molecule has 0 fully saturated rings. The maximum atomic E-state index is 13.1. The van der Waals surface area contributed by atoms with Crippen molar-refractivity contribution in [3.63, 3.8) is 0 Å². The molecule has 160 valence electrons. The van der Waals surface area contributed by atoms with Gasteiger partial charge in [-0.15, -0.1) is 0 Å². The lowest BCUT2D eigenvalue weighted by atomic mass is 10.00. The van der Waals surface area contributed by atoms with E-state index in [4.69, 9.17) is 4.74 Å². The Morgan fingerprint density at radius 2 is 2.20 bits per heavy atom. The molecule has 0 saturated carbocycles. The van der Waals surface area contributed by atoms with Crippen LogP contribution in [-0.4, -0.2) is 75.6 Å². The minimum atomic E-state index is -0.406. The molecule has 0 unspecified atom stereocenters. The highest BCUT2D eigenvalue weighted by Crippen LogP contribution is 2.28. The van der Waals surface area contributed by atoms with Crippen molar-refractivity contribution in [2.24, 2.45) is 5.92 Å². The number of pyridine rings is 2. The summed E-state index contributed by atoms with van der Waals surface area (Å²) in [7, 11) is 1.70. The van der Waals surface area contributed by atoms with Gasteiger partial charge in [0.1, 0.15) is 17.4 Å². The van der Waals surface area contributed by atoms with E-state index >= 15 is 0 Å². The average Bonchev–Trinajstić information content (AvgIpc) is 2.76. The van der Waals surface area contributed by atoms with Crippen LogP contribution >= 0.6 is 15.9 Å². The molecule has 0 saturated heterocycles. The highest BCUT2D eigenvalue weighted by molar-refractivity contribution is 9.10. The Balaban J connectivity index is 1.90. The van der Waals surface area contributed by atoms with Gasteiger partial charge in [-0.2, -0.15) is 0 Å². The molecule has 9 heteroatoms. The predicted octanol–water partition coefficient (Wildman–Crippen LogP) is 2.23. The third-order valence-corrected chi connectivity index (χ3v) is 5.61. The number of ether oxygens (including phenoxy) is 1. The van der Waals surface area contributed by atoms with E-state index in [1.807, 2.05) is 6.92 Å². The molecule has 0 bridgehead atoms. The lowest BCUT2D eigenvalue weighted by Gasteiger charge is -2.37. The van der Waals surface area contributed by atoms with Crippen molar-refractivity contribution >= 4 is 27.7 Å². The summed E-state index contributed by atoms with van der Waals surface area (Å²) in [5.74, 6) is -0.355. The van der Waals surface area contributed by atoms with Crippen LogP contribution in [0, 0.1) is 5.92 Å². The lowest BCUT2D eigenvalue weighted by Crippen LogP contribution is -2.50. The Kier molecular flexibility index (Phi) is 7.04. The highest BCUT2D eigenvalue weighted by atomic mass is 79.9. The Labute approximate surface area is 184 Å². The molecule has 1 aliphatic heterocycles. The number of aromatic nitrogens is 2. The highest BCUT2D eigenvalue weighted by Gasteiger charge is 2.34. The number of hydrogen-bond donors (Lipinski definition) is 1. The molecule has 0 aromatic carbocycles. The SMILES string of the molecule is C[C@@H]1CN([C@H](C)CO)C(=O)c2cc(Br)cnc2O[C@H]1CN(C)C(=O)c1ccccn1. The summed E-state index contributed by atoms with van der Waals surface area (Å²) in [6, 6.07) is 6.49. The first-order valence-corrected chi connectivity index (χ1v) is 10.5. The van der Waals surface area contributed by atoms with Crippen molar-refractivity contribution in [3.8, 4) is 5.88 Å². The summed E-state index contributed by atoms with van der Waals surface area (Å²) in [6.07, 6.45) is 2.74. The molecule has 1 N–H and O–H groups in total. The number of carbonyl (C=O) groups excluding carboxylic acids is 2. The first kappa shape index (κ1) is 22.2. The second kappa shape index (κ2) is 9.53. The van der Waals surface area contributed by atoms with E-state index in [1.54, 1.807) is 60.4 Å². The van der Waals surface area contributed by atoms with Crippen molar-refractivity contribution in [2.45, 2.75) is 26.0 Å². The van der Waals surface area contributed by atoms with Gasteiger partial charge >= 0.3 is 0 Å². The standard InChI is InChI=1S/C21H25BrN4O4/c1-13-10-26(14(2)12-27)20(28)16-8-15(22)9-24-19(16)30-18(13)11-25(3)21(29)17-6-4-5-7-23-17/h4-9,13-14,18,27H,10-12H2,1-3H3/t13-,14-,18+/m1/s1. The van der Waals surface area contributed by atoms with Gasteiger partial charge in [-0.3, -0.25) is 14.6 Å². The van der Waals surface area contributed by atoms with Crippen LogP contribution < -0.4 is 4.74 Å². The van der Waals surface area contributed by atoms with Crippen molar-refractivity contribution in [3.05, 3.63) is 52.4 Å². The summed E-state index contributed by atoms with van der Waals surface area (Å²) < 4.78 is 6.79. The molecular weight excluding hydrogens is 452 g/mol. The smallest absolute Gasteiger partial charge is 0.272 e. The maximum Gasteiger partial charge on any atom is 0.272 e. The molecule has 3 heterocycles. The van der Waals surface area contributed by atoms with E-state index in [2.05, 4.69) is 25.9 Å². The number of nitrogens with zero attached hydrogens (tertiary/aromatic N) is 4. The minimum absolute atomic E-state index is 0.111. The number of amides is 2. The monoisotopic (exact) mass is 476 g/mol. The van der Waals surface area contributed by atoms with Crippen LogP contribution in [0.5, 0.6) is 5.88 Å². The predicted molar refractivity (Wildman–Crippen MR) is 114 cm³/mol. The summed E-state index contributed by atoms with van der Waals surface area (Å²) in [4.78, 5) is 37.4. The maximum absolute atomic E-state index is 13.1. The van der Waals surface area contributed by atoms with Crippen molar-refractivity contribution in [1.82, 2.24) is 19.8 Å². The van der Waals surface area contributed by atoms with Gasteiger partial charge in [0.15, 0.2) is 0 Å². The Bertz CT molecular complexity index is 911. The van der Waals surface area contributed by atoms with Gasteiger partial charge in [0.05, 0.1) is 19.2 Å². The molecular formula is C21H25BrN4O4. The number of fused-ring (bicyclic) bond motifs is 1. The van der Waals surface area contributed by atoms with Crippen LogP contribution in [-0.2, 0) is 0 Å². The van der Waals surface area contributed by atoms with E-state index in [1.165, 1.54) is 0 Å². The summed E-state index contributed by atoms with van der Waals surface area (Å²) >= 11 is 3.35. The van der Waals surface area contributed by atoms with Crippen LogP contribution in [0.3, 0.4) is 0 Å². The topological polar surface area (TPSA) is 95.9 Å². The fourth-order valence-electron chi connectivity index (χ4n) is 3.33. The van der Waals surface area contributed by atoms with E-state index in [0.717, 1.165) is 0 Å². The van der Waals surface area contributed by atoms with Crippen molar-refractivity contribution < 1.29 is 19.4 Å². The van der Waals surface area contributed by atoms with Crippen LogP contribution in [0.2, 0.25) is 0 Å². The van der Waals surface area contributed by atoms with Crippen LogP contribution in [0.15, 0.2) is 41.1 Å². The summed E-state index contributed by atoms with van der Waals surface area (Å²) in [5, 5.41) is 9.66. The Morgan fingerprint density at radius 1 is 1.43 bits per heavy atom. The normalized spacial score (nSPS) is 19.9. The van der Waals surface area contributed by atoms with Crippen molar-refractivity contribution in [1.29, 1.82) is 0 Å². The van der Waals surface area contributed by atoms with E-state index < -0.39 is 6.10 Å². The van der Waals surface area contributed by atoms with E-state index in [-0.39, 0.29) is 36.3 Å². The first-order chi connectivity index (χ1) is 14.3. The number of rotatable bonds is 5. The lowest BCUT2D eigenvalue weighted by molar-refractivity contribution is 0.0312. The van der Waals surface area contributed by atoms with Gasteiger partial charge in [0.2, 0.25) is 5.88 Å². The van der Waals surface area contributed by atoms with Gasteiger partial charge in [-0.1, -0.05) is 13.0 Å². The number of aliphatic hydroxyl groups is 1. The molecule has 1 aliphatic rings. The quantitative estimate of drug-likeness (QED) is 0.710. The fraction of sp³-hybridized carbons (Fsp3) is 0.429. The van der Waals surface area contributed by atoms with Gasteiger partial charge in [0, 0.05) is 36.4 Å². The largest absolute Gasteiger partial charge is 0.472 e. The first-order valence-electron chi connectivity index (χ1n) is 9.72. The average molecular weight is 477 g/mol. The zero-order valence-corrected chi connectivity index (χ0v) is 18.7. The number of halogens is 1. The number of hydrogen-bond acceptors (Lipinski definition) is 6. The molecule has 2 aromatic heterocycles. The number of likely N-dealkylation sites (N-methyl/N-ethyl adjacent to an activating group) is 1. The van der Waals surface area contributed by atoms with Gasteiger partial charge in [-0.05, 0) is 41.1 Å². The molecule has 0 radical (unpaired) electrons. The molecule has 0 spiro atoms. The molecule has 2 amide bonds. The molecule has 2 aromatic rings. The molecule has 30 heavy (non-hydrogen) atoms. The van der Waals surface area contributed by atoms with Gasteiger partial charge < -0.3 is 19.6 Å². The zero-order chi connectivity index (χ0) is 21.8. The molecule has 0 aliphatic carbocycles. The second-order valence-corrected chi connectivity index (χ2v) is 8.45. The van der Waals surface area contributed by atoms with Gasteiger partial charge in [0.25, 0.3) is 11.8 Å². The zero-order valence-electron chi connectivity index (χ0n) is 17.2. The number of aliphatic hydroxyl groups excluding tert-OH is 1. The number of carbonyl (C=O) groups is 2.